The topological polar surface area (TPSA) is 98.8 Å². The molecule has 3 aliphatic rings. The summed E-state index contributed by atoms with van der Waals surface area (Å²) in [6.45, 7) is 3.93. The van der Waals surface area contributed by atoms with Crippen LogP contribution < -0.4 is 14.2 Å². The Kier molecular flexibility index (Phi) is 7.02. The Hall–Kier alpha value is -2.91. The molecule has 2 aliphatic carbocycles. The maximum absolute atomic E-state index is 13.1. The van der Waals surface area contributed by atoms with Crippen molar-refractivity contribution in [1.82, 2.24) is 5.32 Å². The summed E-state index contributed by atoms with van der Waals surface area (Å²) in [6, 6.07) is 9.82. The zero-order chi connectivity index (χ0) is 26.3. The number of nitrogens with one attached hydrogen (secondary N) is 1. The Balaban J connectivity index is 1.62. The van der Waals surface area contributed by atoms with Crippen molar-refractivity contribution in [3.63, 3.8) is 0 Å². The standard InChI is InChI=1S/C28H28BrNO6S/c1-3-35-24-15-17(14-19(29)28(24)36-37(33,34)18-12-10-16(2)11-13-18)25-26-20(6-4-8-22(26)31)30-21-7-5-9-23(32)27(21)25/h10-15,25,30H,3-9H2,1-2H3. The number of dihydropyridines is 1. The van der Waals surface area contributed by atoms with Gasteiger partial charge in [0.15, 0.2) is 23.1 Å². The molecule has 194 valence electrons. The van der Waals surface area contributed by atoms with Crippen LogP contribution in [0.5, 0.6) is 11.5 Å². The highest BCUT2D eigenvalue weighted by atomic mass is 79.9. The summed E-state index contributed by atoms with van der Waals surface area (Å²) < 4.78 is 37.9. The van der Waals surface area contributed by atoms with Crippen molar-refractivity contribution in [1.29, 1.82) is 0 Å². The van der Waals surface area contributed by atoms with Gasteiger partial charge in [-0.2, -0.15) is 8.42 Å². The Bertz CT molecular complexity index is 1410. The molecular formula is C28H28BrNO6S. The number of halogens is 1. The lowest BCUT2D eigenvalue weighted by molar-refractivity contribution is -0.117. The second-order valence-corrected chi connectivity index (χ2v) is 11.9. The summed E-state index contributed by atoms with van der Waals surface area (Å²) in [5.74, 6) is -0.240. The Labute approximate surface area is 225 Å². The number of Topliss-reactive ketones (excluding diaryl/α,β-unsaturated/α-hetero) is 2. The molecule has 0 saturated heterocycles. The summed E-state index contributed by atoms with van der Waals surface area (Å²) in [4.78, 5) is 26.3. The minimum atomic E-state index is -4.13. The number of aryl methyl sites for hydroxylation is 1. The van der Waals surface area contributed by atoms with E-state index in [2.05, 4.69) is 21.2 Å². The molecule has 0 fully saturated rings. The molecule has 0 saturated carbocycles. The average Bonchev–Trinajstić information content (AvgIpc) is 2.85. The molecule has 0 bridgehead atoms. The van der Waals surface area contributed by atoms with Gasteiger partial charge in [-0.1, -0.05) is 17.7 Å². The molecule has 0 radical (unpaired) electrons. The summed E-state index contributed by atoms with van der Waals surface area (Å²) >= 11 is 3.49. The molecule has 9 heteroatoms. The number of benzene rings is 2. The van der Waals surface area contributed by atoms with Crippen LogP contribution >= 0.6 is 15.9 Å². The number of hydrogen-bond acceptors (Lipinski definition) is 7. The lowest BCUT2D eigenvalue weighted by Gasteiger charge is -2.37. The second kappa shape index (κ2) is 10.1. The Morgan fingerprint density at radius 3 is 2.11 bits per heavy atom. The number of allylic oxidation sites excluding steroid dienone is 4. The van der Waals surface area contributed by atoms with Crippen molar-refractivity contribution in [2.45, 2.75) is 63.2 Å². The zero-order valence-corrected chi connectivity index (χ0v) is 23.1. The third kappa shape index (κ3) is 4.86. The number of rotatable bonds is 6. The minimum Gasteiger partial charge on any atom is -0.490 e. The molecule has 37 heavy (non-hydrogen) atoms. The van der Waals surface area contributed by atoms with Crippen molar-refractivity contribution in [2.75, 3.05) is 6.61 Å². The fraction of sp³-hybridized carbons (Fsp3) is 0.357. The molecule has 1 heterocycles. The maximum Gasteiger partial charge on any atom is 0.339 e. The van der Waals surface area contributed by atoms with Crippen LogP contribution in [0.1, 0.15) is 62.5 Å². The highest BCUT2D eigenvalue weighted by Crippen LogP contribution is 2.48. The third-order valence-corrected chi connectivity index (χ3v) is 8.78. The third-order valence-electron chi connectivity index (χ3n) is 6.96. The molecule has 0 amide bonds. The van der Waals surface area contributed by atoms with Gasteiger partial charge in [0.2, 0.25) is 0 Å². The maximum atomic E-state index is 13.1. The van der Waals surface area contributed by atoms with E-state index < -0.39 is 16.0 Å². The second-order valence-electron chi connectivity index (χ2n) is 9.51. The first-order valence-electron chi connectivity index (χ1n) is 12.5. The first-order chi connectivity index (χ1) is 17.7. The van der Waals surface area contributed by atoms with Crippen LogP contribution in [0.4, 0.5) is 0 Å². The van der Waals surface area contributed by atoms with Gasteiger partial charge in [-0.3, -0.25) is 9.59 Å². The van der Waals surface area contributed by atoms with E-state index in [0.29, 0.717) is 34.0 Å². The molecule has 0 atom stereocenters. The van der Waals surface area contributed by atoms with Gasteiger partial charge in [-0.15, -0.1) is 0 Å². The highest BCUT2D eigenvalue weighted by molar-refractivity contribution is 9.10. The number of carbonyl (C=O) groups excluding carboxylic acids is 2. The summed E-state index contributed by atoms with van der Waals surface area (Å²) in [6.07, 6.45) is 3.90. The largest absolute Gasteiger partial charge is 0.490 e. The van der Waals surface area contributed by atoms with Crippen LogP contribution in [0.3, 0.4) is 0 Å². The van der Waals surface area contributed by atoms with Crippen molar-refractivity contribution < 1.29 is 26.9 Å². The molecular weight excluding hydrogens is 558 g/mol. The smallest absolute Gasteiger partial charge is 0.339 e. The lowest BCUT2D eigenvalue weighted by atomic mass is 9.71. The van der Waals surface area contributed by atoms with Gasteiger partial charge < -0.3 is 14.2 Å². The van der Waals surface area contributed by atoms with Crippen LogP contribution in [0.15, 0.2) is 68.3 Å². The number of ketones is 2. The number of hydrogen-bond donors (Lipinski definition) is 1. The molecule has 2 aromatic rings. The molecule has 7 nitrogen and oxygen atoms in total. The predicted octanol–water partition coefficient (Wildman–Crippen LogP) is 5.62. The fourth-order valence-electron chi connectivity index (χ4n) is 5.28. The quantitative estimate of drug-likeness (QED) is 0.439. The van der Waals surface area contributed by atoms with E-state index in [-0.39, 0.29) is 34.6 Å². The van der Waals surface area contributed by atoms with Crippen LogP contribution in [-0.2, 0) is 19.7 Å². The highest BCUT2D eigenvalue weighted by Gasteiger charge is 2.41. The molecule has 0 unspecified atom stereocenters. The van der Waals surface area contributed by atoms with Crippen LogP contribution in [0, 0.1) is 6.92 Å². The van der Waals surface area contributed by atoms with Gasteiger partial charge in [0.1, 0.15) is 4.90 Å². The predicted molar refractivity (Wildman–Crippen MR) is 142 cm³/mol. The molecule has 1 N–H and O–H groups in total. The van der Waals surface area contributed by atoms with E-state index in [1.54, 1.807) is 31.2 Å². The number of carbonyl (C=O) groups is 2. The summed E-state index contributed by atoms with van der Waals surface area (Å²) in [5.41, 5.74) is 4.61. The molecule has 5 rings (SSSR count). The first kappa shape index (κ1) is 25.7. The molecule has 0 spiro atoms. The zero-order valence-electron chi connectivity index (χ0n) is 20.7. The van der Waals surface area contributed by atoms with Crippen molar-refractivity contribution >= 4 is 37.6 Å². The molecule has 0 aromatic heterocycles. The van der Waals surface area contributed by atoms with Gasteiger partial charge in [0.05, 0.1) is 11.1 Å². The van der Waals surface area contributed by atoms with Crippen molar-refractivity contribution in [2.24, 2.45) is 0 Å². The Morgan fingerprint density at radius 2 is 1.54 bits per heavy atom. The van der Waals surface area contributed by atoms with E-state index in [1.807, 2.05) is 6.92 Å². The van der Waals surface area contributed by atoms with Crippen molar-refractivity contribution in [3.05, 3.63) is 74.5 Å². The Morgan fingerprint density at radius 1 is 0.946 bits per heavy atom. The molecule has 2 aromatic carbocycles. The summed E-state index contributed by atoms with van der Waals surface area (Å²) in [5, 5.41) is 3.41. The van der Waals surface area contributed by atoms with E-state index in [1.165, 1.54) is 12.1 Å². The minimum absolute atomic E-state index is 0.0217. The van der Waals surface area contributed by atoms with E-state index in [9.17, 15) is 18.0 Å². The van der Waals surface area contributed by atoms with Crippen LogP contribution in [0.25, 0.3) is 0 Å². The van der Waals surface area contributed by atoms with Gasteiger partial charge in [-0.25, -0.2) is 0 Å². The van der Waals surface area contributed by atoms with E-state index >= 15 is 0 Å². The van der Waals surface area contributed by atoms with E-state index in [4.69, 9.17) is 8.92 Å². The van der Waals surface area contributed by atoms with Gasteiger partial charge in [-0.05, 0) is 85.3 Å². The average molecular weight is 587 g/mol. The van der Waals surface area contributed by atoms with Gasteiger partial charge in [0, 0.05) is 41.3 Å². The van der Waals surface area contributed by atoms with Gasteiger partial charge in [0.25, 0.3) is 0 Å². The van der Waals surface area contributed by atoms with Crippen molar-refractivity contribution in [3.8, 4) is 11.5 Å². The monoisotopic (exact) mass is 585 g/mol. The fourth-order valence-corrected chi connectivity index (χ4v) is 6.88. The summed E-state index contributed by atoms with van der Waals surface area (Å²) in [7, 11) is -4.13. The van der Waals surface area contributed by atoms with Gasteiger partial charge >= 0.3 is 10.1 Å². The number of ether oxygens (including phenoxy) is 1. The molecule has 1 aliphatic heterocycles. The van der Waals surface area contributed by atoms with Crippen LogP contribution in [0.2, 0.25) is 0 Å². The normalized spacial score (nSPS) is 18.4. The SMILES string of the molecule is CCOc1cc(C2C3=C(CCCC3=O)NC3=C2C(=O)CCC3)cc(Br)c1OS(=O)(=O)c1ccc(C)cc1. The van der Waals surface area contributed by atoms with Crippen LogP contribution in [-0.4, -0.2) is 26.6 Å². The lowest BCUT2D eigenvalue weighted by Crippen LogP contribution is -2.36. The van der Waals surface area contributed by atoms with E-state index in [0.717, 1.165) is 42.6 Å². The first-order valence-corrected chi connectivity index (χ1v) is 14.7.